The largest absolute Gasteiger partial charge is 0.356 e. The first-order valence-corrected chi connectivity index (χ1v) is 5.72. The van der Waals surface area contributed by atoms with Gasteiger partial charge in [0.25, 0.3) is 0 Å². The molecule has 0 saturated carbocycles. The summed E-state index contributed by atoms with van der Waals surface area (Å²) in [6.45, 7) is 7.71. The van der Waals surface area contributed by atoms with Gasteiger partial charge >= 0.3 is 0 Å². The predicted molar refractivity (Wildman–Crippen MR) is 58.7 cm³/mol. The van der Waals surface area contributed by atoms with E-state index < -0.39 is 0 Å². The number of hydrogen-bond donors (Lipinski definition) is 0. The van der Waals surface area contributed by atoms with E-state index in [0.717, 1.165) is 32.5 Å². The predicted octanol–water partition coefficient (Wildman–Crippen LogP) is 2.18. The molecule has 0 aromatic rings. The van der Waals surface area contributed by atoms with Crippen LogP contribution in [0.5, 0.6) is 0 Å². The minimum Gasteiger partial charge on any atom is -0.356 e. The van der Waals surface area contributed by atoms with Gasteiger partial charge in [-0.3, -0.25) is 0 Å². The molecule has 0 spiro atoms. The summed E-state index contributed by atoms with van der Waals surface area (Å²) in [6, 6.07) is 0. The van der Waals surface area contributed by atoms with Crippen LogP contribution < -0.4 is 0 Å². The molecular weight excluding hydrogens is 196 g/mol. The highest BCUT2D eigenvalue weighted by Crippen LogP contribution is 1.96. The van der Waals surface area contributed by atoms with E-state index in [2.05, 4.69) is 0 Å². The summed E-state index contributed by atoms with van der Waals surface area (Å²) < 4.78 is 20.5. The maximum absolute atomic E-state index is 5.23. The summed E-state index contributed by atoms with van der Waals surface area (Å²) >= 11 is 0. The summed E-state index contributed by atoms with van der Waals surface area (Å²) in [7, 11) is 0. The summed E-state index contributed by atoms with van der Waals surface area (Å²) in [5.74, 6) is 0. The second-order valence-corrected chi connectivity index (χ2v) is 3.10. The first-order chi connectivity index (χ1) is 7.41. The van der Waals surface area contributed by atoms with Gasteiger partial charge in [-0.05, 0) is 33.1 Å². The standard InChI is InChI=1S/C11H24O4/c1-3-12-10-14-8-6-5-7-9-15-11-13-4-2/h3-11H2,1-2H3. The molecule has 15 heavy (non-hydrogen) atoms. The van der Waals surface area contributed by atoms with E-state index in [0.29, 0.717) is 26.8 Å². The number of rotatable bonds is 12. The minimum absolute atomic E-state index is 0.414. The van der Waals surface area contributed by atoms with Crippen LogP contribution in [-0.4, -0.2) is 40.0 Å². The van der Waals surface area contributed by atoms with Crippen LogP contribution in [-0.2, 0) is 18.9 Å². The van der Waals surface area contributed by atoms with Crippen LogP contribution in [0.2, 0.25) is 0 Å². The number of hydrogen-bond acceptors (Lipinski definition) is 4. The fraction of sp³-hybridized carbons (Fsp3) is 1.00. The van der Waals surface area contributed by atoms with Gasteiger partial charge in [-0.25, -0.2) is 0 Å². The van der Waals surface area contributed by atoms with Gasteiger partial charge in [0.1, 0.15) is 13.6 Å². The Kier molecular flexibility index (Phi) is 13.7. The van der Waals surface area contributed by atoms with Crippen LogP contribution in [0.25, 0.3) is 0 Å². The Morgan fingerprint density at radius 1 is 0.600 bits per heavy atom. The molecule has 0 heterocycles. The SMILES string of the molecule is CCOCOCCCCCOCOCC. The van der Waals surface area contributed by atoms with E-state index in [1.54, 1.807) is 0 Å². The molecule has 0 radical (unpaired) electrons. The molecule has 4 heteroatoms. The van der Waals surface area contributed by atoms with Crippen molar-refractivity contribution in [2.75, 3.05) is 40.0 Å². The summed E-state index contributed by atoms with van der Waals surface area (Å²) in [6.07, 6.45) is 3.24. The van der Waals surface area contributed by atoms with Crippen LogP contribution in [0.4, 0.5) is 0 Å². The molecule has 92 valence electrons. The zero-order chi connectivity index (χ0) is 11.2. The van der Waals surface area contributed by atoms with Crippen LogP contribution in [0, 0.1) is 0 Å². The van der Waals surface area contributed by atoms with Crippen molar-refractivity contribution in [3.63, 3.8) is 0 Å². The van der Waals surface area contributed by atoms with Gasteiger partial charge in [-0.15, -0.1) is 0 Å². The Balaban J connectivity index is 2.81. The van der Waals surface area contributed by atoms with Crippen molar-refractivity contribution in [1.29, 1.82) is 0 Å². The molecule has 0 amide bonds. The second kappa shape index (κ2) is 13.8. The molecule has 0 bridgehead atoms. The molecule has 0 aliphatic carbocycles. The lowest BCUT2D eigenvalue weighted by Gasteiger charge is -2.05. The molecule has 4 nitrogen and oxygen atoms in total. The molecular formula is C11H24O4. The quantitative estimate of drug-likeness (QED) is 0.373. The molecule has 0 rings (SSSR count). The van der Waals surface area contributed by atoms with Crippen molar-refractivity contribution in [3.05, 3.63) is 0 Å². The maximum atomic E-state index is 5.23. The lowest BCUT2D eigenvalue weighted by atomic mass is 10.2. The van der Waals surface area contributed by atoms with Gasteiger partial charge in [0, 0.05) is 26.4 Å². The first-order valence-electron chi connectivity index (χ1n) is 5.72. The minimum atomic E-state index is 0.414. The third-order valence-corrected chi connectivity index (χ3v) is 1.82. The summed E-state index contributed by atoms with van der Waals surface area (Å²) in [5, 5.41) is 0. The summed E-state index contributed by atoms with van der Waals surface area (Å²) in [5.41, 5.74) is 0. The average molecular weight is 220 g/mol. The highest BCUT2D eigenvalue weighted by molar-refractivity contribution is 4.39. The van der Waals surface area contributed by atoms with Crippen molar-refractivity contribution in [1.82, 2.24) is 0 Å². The first kappa shape index (κ1) is 14.8. The van der Waals surface area contributed by atoms with E-state index in [-0.39, 0.29) is 0 Å². The van der Waals surface area contributed by atoms with Crippen LogP contribution in [0.1, 0.15) is 33.1 Å². The van der Waals surface area contributed by atoms with Crippen LogP contribution >= 0.6 is 0 Å². The second-order valence-electron chi connectivity index (χ2n) is 3.10. The fourth-order valence-electron chi connectivity index (χ4n) is 0.987. The van der Waals surface area contributed by atoms with Crippen molar-refractivity contribution in [2.45, 2.75) is 33.1 Å². The molecule has 0 saturated heterocycles. The normalized spacial score (nSPS) is 10.8. The highest BCUT2D eigenvalue weighted by Gasteiger charge is 1.91. The van der Waals surface area contributed by atoms with E-state index >= 15 is 0 Å². The molecule has 0 aromatic heterocycles. The fourth-order valence-corrected chi connectivity index (χ4v) is 0.987. The molecule has 0 aliphatic rings. The molecule has 0 aromatic carbocycles. The lowest BCUT2D eigenvalue weighted by Crippen LogP contribution is -2.03. The molecule has 0 N–H and O–H groups in total. The molecule has 0 unspecified atom stereocenters. The number of ether oxygens (including phenoxy) is 4. The molecule has 0 atom stereocenters. The zero-order valence-corrected chi connectivity index (χ0v) is 10.00. The molecule has 0 aliphatic heterocycles. The van der Waals surface area contributed by atoms with Gasteiger partial charge in [-0.2, -0.15) is 0 Å². The highest BCUT2D eigenvalue weighted by atomic mass is 16.7. The topological polar surface area (TPSA) is 36.9 Å². The van der Waals surface area contributed by atoms with Gasteiger partial charge in [0.15, 0.2) is 0 Å². The van der Waals surface area contributed by atoms with Gasteiger partial charge in [0.05, 0.1) is 0 Å². The Morgan fingerprint density at radius 3 is 1.47 bits per heavy atom. The van der Waals surface area contributed by atoms with Crippen molar-refractivity contribution in [3.8, 4) is 0 Å². The monoisotopic (exact) mass is 220 g/mol. The van der Waals surface area contributed by atoms with E-state index in [9.17, 15) is 0 Å². The van der Waals surface area contributed by atoms with Crippen LogP contribution in [0.15, 0.2) is 0 Å². The maximum Gasteiger partial charge on any atom is 0.146 e. The number of unbranched alkanes of at least 4 members (excludes halogenated alkanes) is 2. The van der Waals surface area contributed by atoms with Gasteiger partial charge in [0.2, 0.25) is 0 Å². The lowest BCUT2D eigenvalue weighted by molar-refractivity contribution is -0.0554. The third-order valence-electron chi connectivity index (χ3n) is 1.82. The van der Waals surface area contributed by atoms with Crippen molar-refractivity contribution < 1.29 is 18.9 Å². The Hall–Kier alpha value is -0.160. The van der Waals surface area contributed by atoms with E-state index in [1.165, 1.54) is 0 Å². The molecule has 0 fully saturated rings. The van der Waals surface area contributed by atoms with Crippen molar-refractivity contribution >= 4 is 0 Å². The smallest absolute Gasteiger partial charge is 0.146 e. The Morgan fingerprint density at radius 2 is 1.07 bits per heavy atom. The summed E-state index contributed by atoms with van der Waals surface area (Å²) in [4.78, 5) is 0. The van der Waals surface area contributed by atoms with Crippen molar-refractivity contribution in [2.24, 2.45) is 0 Å². The van der Waals surface area contributed by atoms with Gasteiger partial charge < -0.3 is 18.9 Å². The van der Waals surface area contributed by atoms with Gasteiger partial charge in [-0.1, -0.05) is 0 Å². The Labute approximate surface area is 92.8 Å². The zero-order valence-electron chi connectivity index (χ0n) is 10.00. The van der Waals surface area contributed by atoms with E-state index in [4.69, 9.17) is 18.9 Å². The third kappa shape index (κ3) is 13.8. The average Bonchev–Trinajstić information content (AvgIpc) is 2.26. The van der Waals surface area contributed by atoms with Crippen LogP contribution in [0.3, 0.4) is 0 Å². The van der Waals surface area contributed by atoms with E-state index in [1.807, 2.05) is 13.8 Å². The Bertz CT molecular complexity index is 96.8.